The number of Topliss-reactive ketones (excluding diaryl/α,β-unsaturated/α-hetero) is 1. The summed E-state index contributed by atoms with van der Waals surface area (Å²) in [6.07, 6.45) is 3.52. The molecule has 2 saturated heterocycles. The minimum absolute atomic E-state index is 0.0994. The molecule has 2 rings (SSSR count). The Hall–Kier alpha value is -0.450. The molecule has 0 saturated carbocycles. The molecule has 2 aliphatic heterocycles. The second-order valence-electron chi connectivity index (χ2n) is 5.04. The van der Waals surface area contributed by atoms with E-state index in [0.717, 1.165) is 32.3 Å². The molecular formula is C13H22O4. The van der Waals surface area contributed by atoms with E-state index in [1.165, 1.54) is 0 Å². The van der Waals surface area contributed by atoms with E-state index in [4.69, 9.17) is 14.2 Å². The Morgan fingerprint density at radius 3 is 3.06 bits per heavy atom. The molecule has 2 unspecified atom stereocenters. The summed E-state index contributed by atoms with van der Waals surface area (Å²) in [5.41, 5.74) is -0.177. The van der Waals surface area contributed by atoms with Crippen LogP contribution in [0.2, 0.25) is 0 Å². The van der Waals surface area contributed by atoms with E-state index >= 15 is 0 Å². The Labute approximate surface area is 103 Å². The first-order valence-electron chi connectivity index (χ1n) is 6.58. The maximum absolute atomic E-state index is 12.0. The highest BCUT2D eigenvalue weighted by molar-refractivity contribution is 5.82. The van der Waals surface area contributed by atoms with Crippen LogP contribution < -0.4 is 0 Å². The number of ether oxygens (including phenoxy) is 3. The van der Waals surface area contributed by atoms with Gasteiger partial charge in [-0.05, 0) is 19.3 Å². The maximum Gasteiger partial charge on any atom is 0.161 e. The lowest BCUT2D eigenvalue weighted by atomic mass is 9.83. The zero-order chi connectivity index (χ0) is 12.1. The second kappa shape index (κ2) is 5.94. The fraction of sp³-hybridized carbons (Fsp3) is 0.923. The van der Waals surface area contributed by atoms with Gasteiger partial charge in [-0.1, -0.05) is 6.92 Å². The predicted molar refractivity (Wildman–Crippen MR) is 63.0 cm³/mol. The van der Waals surface area contributed by atoms with E-state index in [0.29, 0.717) is 19.8 Å². The third-order valence-electron chi connectivity index (χ3n) is 3.61. The van der Waals surface area contributed by atoms with E-state index < -0.39 is 0 Å². The SMILES string of the molecule is CCCOCC(=O)C1CCOC2(CCOC2)C1. The zero-order valence-corrected chi connectivity index (χ0v) is 10.6. The van der Waals surface area contributed by atoms with Crippen LogP contribution in [0.5, 0.6) is 0 Å². The van der Waals surface area contributed by atoms with Crippen molar-refractivity contribution in [3.05, 3.63) is 0 Å². The lowest BCUT2D eigenvalue weighted by Crippen LogP contribution is -2.43. The van der Waals surface area contributed by atoms with Crippen molar-refractivity contribution in [2.24, 2.45) is 5.92 Å². The van der Waals surface area contributed by atoms with Gasteiger partial charge in [0, 0.05) is 32.2 Å². The summed E-state index contributed by atoms with van der Waals surface area (Å²) in [5.74, 6) is 0.329. The van der Waals surface area contributed by atoms with E-state index in [-0.39, 0.29) is 23.9 Å². The molecule has 0 aromatic rings. The van der Waals surface area contributed by atoms with Gasteiger partial charge >= 0.3 is 0 Å². The van der Waals surface area contributed by atoms with Crippen molar-refractivity contribution in [3.63, 3.8) is 0 Å². The van der Waals surface area contributed by atoms with Gasteiger partial charge in [-0.3, -0.25) is 4.79 Å². The highest BCUT2D eigenvalue weighted by Crippen LogP contribution is 2.36. The fourth-order valence-corrected chi connectivity index (χ4v) is 2.60. The molecule has 2 fully saturated rings. The molecule has 2 atom stereocenters. The Morgan fingerprint density at radius 2 is 2.35 bits per heavy atom. The molecule has 4 nitrogen and oxygen atoms in total. The van der Waals surface area contributed by atoms with Crippen LogP contribution in [0, 0.1) is 5.92 Å². The smallest absolute Gasteiger partial charge is 0.161 e. The molecule has 0 aliphatic carbocycles. The van der Waals surface area contributed by atoms with Gasteiger partial charge in [-0.15, -0.1) is 0 Å². The molecule has 98 valence electrons. The first-order valence-corrected chi connectivity index (χ1v) is 6.58. The van der Waals surface area contributed by atoms with Gasteiger partial charge in [-0.25, -0.2) is 0 Å². The summed E-state index contributed by atoms with van der Waals surface area (Å²) >= 11 is 0. The third kappa shape index (κ3) is 3.27. The molecule has 0 bridgehead atoms. The first-order chi connectivity index (χ1) is 8.26. The number of hydrogen-bond donors (Lipinski definition) is 0. The summed E-state index contributed by atoms with van der Waals surface area (Å²) in [5, 5.41) is 0. The van der Waals surface area contributed by atoms with E-state index in [9.17, 15) is 4.79 Å². The fourth-order valence-electron chi connectivity index (χ4n) is 2.60. The van der Waals surface area contributed by atoms with Crippen molar-refractivity contribution in [2.45, 2.75) is 38.2 Å². The number of ketones is 1. The number of hydrogen-bond acceptors (Lipinski definition) is 4. The minimum Gasteiger partial charge on any atom is -0.378 e. The largest absolute Gasteiger partial charge is 0.378 e. The normalized spacial score (nSPS) is 33.1. The maximum atomic E-state index is 12.0. The van der Waals surface area contributed by atoms with Crippen LogP contribution in [0.15, 0.2) is 0 Å². The number of carbonyl (C=O) groups excluding carboxylic acids is 1. The summed E-state index contributed by atoms with van der Waals surface area (Å²) in [6.45, 7) is 5.05. The van der Waals surface area contributed by atoms with Crippen LogP contribution in [0.4, 0.5) is 0 Å². The van der Waals surface area contributed by atoms with Crippen LogP contribution in [0.3, 0.4) is 0 Å². The van der Waals surface area contributed by atoms with Crippen molar-refractivity contribution in [3.8, 4) is 0 Å². The molecule has 0 aromatic heterocycles. The summed E-state index contributed by atoms with van der Waals surface area (Å²) < 4.78 is 16.5. The third-order valence-corrected chi connectivity index (χ3v) is 3.61. The van der Waals surface area contributed by atoms with Crippen LogP contribution >= 0.6 is 0 Å². The van der Waals surface area contributed by atoms with Gasteiger partial charge in [0.2, 0.25) is 0 Å². The Kier molecular flexibility index (Phi) is 4.54. The van der Waals surface area contributed by atoms with Crippen LogP contribution in [0.1, 0.15) is 32.6 Å². The van der Waals surface area contributed by atoms with E-state index in [1.54, 1.807) is 0 Å². The topological polar surface area (TPSA) is 44.8 Å². The molecule has 0 radical (unpaired) electrons. The molecule has 1 spiro atoms. The van der Waals surface area contributed by atoms with E-state index in [2.05, 4.69) is 0 Å². The van der Waals surface area contributed by atoms with Crippen molar-refractivity contribution >= 4 is 5.78 Å². The monoisotopic (exact) mass is 242 g/mol. The number of rotatable bonds is 5. The van der Waals surface area contributed by atoms with Crippen LogP contribution in [0.25, 0.3) is 0 Å². The molecule has 0 N–H and O–H groups in total. The van der Waals surface area contributed by atoms with Crippen molar-refractivity contribution in [1.29, 1.82) is 0 Å². The highest BCUT2D eigenvalue weighted by atomic mass is 16.6. The molecule has 17 heavy (non-hydrogen) atoms. The molecule has 0 amide bonds. The minimum atomic E-state index is -0.177. The molecule has 2 heterocycles. The molecule has 0 aromatic carbocycles. The Balaban J connectivity index is 1.82. The van der Waals surface area contributed by atoms with Crippen LogP contribution in [-0.2, 0) is 19.0 Å². The predicted octanol–water partition coefficient (Wildman–Crippen LogP) is 1.57. The standard InChI is InChI=1S/C13H22O4/c1-2-5-15-9-12(14)11-3-6-17-13(8-11)4-7-16-10-13/h11H,2-10H2,1H3. The average molecular weight is 242 g/mol. The Bertz CT molecular complexity index is 258. The molecule has 4 heteroatoms. The van der Waals surface area contributed by atoms with E-state index in [1.807, 2.05) is 6.92 Å². The number of carbonyl (C=O) groups is 1. The zero-order valence-electron chi connectivity index (χ0n) is 10.6. The summed E-state index contributed by atoms with van der Waals surface area (Å²) in [7, 11) is 0. The highest BCUT2D eigenvalue weighted by Gasteiger charge is 2.42. The van der Waals surface area contributed by atoms with Gasteiger partial charge in [-0.2, -0.15) is 0 Å². The average Bonchev–Trinajstić information content (AvgIpc) is 2.77. The summed E-state index contributed by atoms with van der Waals surface area (Å²) in [4.78, 5) is 12.0. The van der Waals surface area contributed by atoms with Gasteiger partial charge in [0.15, 0.2) is 5.78 Å². The quantitative estimate of drug-likeness (QED) is 0.686. The van der Waals surface area contributed by atoms with Crippen molar-refractivity contribution in [1.82, 2.24) is 0 Å². The second-order valence-corrected chi connectivity index (χ2v) is 5.04. The molecule has 2 aliphatic rings. The lowest BCUT2D eigenvalue weighted by Gasteiger charge is -2.36. The van der Waals surface area contributed by atoms with Gasteiger partial charge in [0.1, 0.15) is 6.61 Å². The van der Waals surface area contributed by atoms with Crippen LogP contribution in [-0.4, -0.2) is 44.4 Å². The van der Waals surface area contributed by atoms with Gasteiger partial charge in [0.05, 0.1) is 12.2 Å². The molecular weight excluding hydrogens is 220 g/mol. The lowest BCUT2D eigenvalue weighted by molar-refractivity contribution is -0.141. The van der Waals surface area contributed by atoms with Crippen molar-refractivity contribution < 1.29 is 19.0 Å². The first kappa shape index (κ1) is 13.0. The Morgan fingerprint density at radius 1 is 1.47 bits per heavy atom. The van der Waals surface area contributed by atoms with Gasteiger partial charge in [0.25, 0.3) is 0 Å². The van der Waals surface area contributed by atoms with Gasteiger partial charge < -0.3 is 14.2 Å². The summed E-state index contributed by atoms with van der Waals surface area (Å²) in [6, 6.07) is 0. The van der Waals surface area contributed by atoms with Crippen molar-refractivity contribution in [2.75, 3.05) is 33.0 Å².